The monoisotopic (exact) mass is 248 g/mol. The molecular weight excluding hydrogens is 243 g/mol. The second kappa shape index (κ2) is 4.05. The summed E-state index contributed by atoms with van der Waals surface area (Å²) in [7, 11) is 0. The fourth-order valence-corrected chi connectivity index (χ4v) is 1.71. The van der Waals surface area contributed by atoms with Gasteiger partial charge in [-0.05, 0) is 34.3 Å². The van der Waals surface area contributed by atoms with Crippen LogP contribution < -0.4 is 0 Å². The molecule has 1 aromatic rings. The Morgan fingerprint density at radius 2 is 2.25 bits per heavy atom. The predicted molar refractivity (Wildman–Crippen MR) is 51.3 cm³/mol. The van der Waals surface area contributed by atoms with E-state index in [1.54, 1.807) is 18.4 Å². The lowest BCUT2D eigenvalue weighted by Crippen LogP contribution is -1.91. The molecule has 0 saturated heterocycles. The average molecular weight is 249 g/mol. The molecule has 0 aliphatic rings. The quantitative estimate of drug-likeness (QED) is 0.591. The van der Waals surface area contributed by atoms with Crippen molar-refractivity contribution < 1.29 is 9.18 Å². The van der Waals surface area contributed by atoms with E-state index in [2.05, 4.69) is 15.9 Å². The standard InChI is InChI=1S/C8H6BrFOS/c1-12-7-3-2-6(9)5(4-11)8(7)10/h2-4H,1H3. The molecule has 1 aromatic carbocycles. The number of hydrogen-bond donors (Lipinski definition) is 0. The van der Waals surface area contributed by atoms with Crippen LogP contribution in [0.1, 0.15) is 10.4 Å². The highest BCUT2D eigenvalue weighted by atomic mass is 79.9. The highest BCUT2D eigenvalue weighted by Gasteiger charge is 2.09. The number of halogens is 2. The molecule has 0 fully saturated rings. The predicted octanol–water partition coefficient (Wildman–Crippen LogP) is 3.12. The van der Waals surface area contributed by atoms with Crippen molar-refractivity contribution in [2.45, 2.75) is 4.90 Å². The Hall–Kier alpha value is -0.350. The van der Waals surface area contributed by atoms with E-state index < -0.39 is 5.82 Å². The van der Waals surface area contributed by atoms with Crippen molar-refractivity contribution in [2.24, 2.45) is 0 Å². The van der Waals surface area contributed by atoms with Crippen LogP contribution in [0.4, 0.5) is 4.39 Å². The second-order valence-corrected chi connectivity index (χ2v) is 3.80. The van der Waals surface area contributed by atoms with Crippen LogP contribution in [0.2, 0.25) is 0 Å². The Labute approximate surface area is 82.5 Å². The number of benzene rings is 1. The van der Waals surface area contributed by atoms with E-state index in [0.29, 0.717) is 15.7 Å². The minimum atomic E-state index is -0.452. The summed E-state index contributed by atoms with van der Waals surface area (Å²) in [6, 6.07) is 3.30. The Morgan fingerprint density at radius 1 is 1.58 bits per heavy atom. The first kappa shape index (κ1) is 9.74. The summed E-state index contributed by atoms with van der Waals surface area (Å²) in [4.78, 5) is 10.9. The van der Waals surface area contributed by atoms with Crippen molar-refractivity contribution in [3.63, 3.8) is 0 Å². The fourth-order valence-electron chi connectivity index (χ4n) is 0.815. The third-order valence-corrected chi connectivity index (χ3v) is 2.88. The molecule has 0 spiro atoms. The van der Waals surface area contributed by atoms with Gasteiger partial charge >= 0.3 is 0 Å². The van der Waals surface area contributed by atoms with Gasteiger partial charge in [0, 0.05) is 9.37 Å². The van der Waals surface area contributed by atoms with Crippen LogP contribution >= 0.6 is 27.7 Å². The van der Waals surface area contributed by atoms with E-state index in [0.717, 1.165) is 0 Å². The molecule has 0 bridgehead atoms. The topological polar surface area (TPSA) is 17.1 Å². The molecule has 64 valence electrons. The van der Waals surface area contributed by atoms with Crippen molar-refractivity contribution in [1.29, 1.82) is 0 Å². The molecule has 0 saturated carbocycles. The van der Waals surface area contributed by atoms with Gasteiger partial charge in [0.25, 0.3) is 0 Å². The van der Waals surface area contributed by atoms with Gasteiger partial charge in [-0.25, -0.2) is 4.39 Å². The lowest BCUT2D eigenvalue weighted by molar-refractivity contribution is 0.111. The van der Waals surface area contributed by atoms with E-state index in [9.17, 15) is 9.18 Å². The minimum Gasteiger partial charge on any atom is -0.298 e. The van der Waals surface area contributed by atoms with Gasteiger partial charge in [-0.2, -0.15) is 0 Å². The van der Waals surface area contributed by atoms with E-state index in [1.807, 2.05) is 0 Å². The van der Waals surface area contributed by atoms with Gasteiger partial charge in [-0.15, -0.1) is 11.8 Å². The number of thioether (sulfide) groups is 1. The summed E-state index contributed by atoms with van der Waals surface area (Å²) < 4.78 is 13.7. The van der Waals surface area contributed by atoms with Gasteiger partial charge < -0.3 is 0 Å². The number of carbonyl (C=O) groups excluding carboxylic acids is 1. The Morgan fingerprint density at radius 3 is 2.75 bits per heavy atom. The second-order valence-electron chi connectivity index (χ2n) is 2.10. The van der Waals surface area contributed by atoms with Crippen molar-refractivity contribution >= 4 is 34.0 Å². The number of aldehydes is 1. The number of hydrogen-bond acceptors (Lipinski definition) is 2. The molecule has 0 heterocycles. The Balaban J connectivity index is 3.33. The van der Waals surface area contributed by atoms with E-state index in [1.165, 1.54) is 11.8 Å². The summed E-state index contributed by atoms with van der Waals surface area (Å²) in [5.41, 5.74) is 0.0850. The molecule has 0 aromatic heterocycles. The molecule has 0 amide bonds. The lowest BCUT2D eigenvalue weighted by atomic mass is 10.2. The van der Waals surface area contributed by atoms with E-state index in [4.69, 9.17) is 0 Å². The molecule has 1 rings (SSSR count). The fraction of sp³-hybridized carbons (Fsp3) is 0.125. The van der Waals surface area contributed by atoms with Gasteiger partial charge in [-0.1, -0.05) is 0 Å². The molecule has 0 atom stereocenters. The van der Waals surface area contributed by atoms with Crippen molar-refractivity contribution in [3.05, 3.63) is 28.0 Å². The lowest BCUT2D eigenvalue weighted by Gasteiger charge is -2.02. The smallest absolute Gasteiger partial charge is 0.154 e. The molecular formula is C8H6BrFOS. The zero-order valence-corrected chi connectivity index (χ0v) is 8.71. The molecule has 0 unspecified atom stereocenters. The maximum atomic E-state index is 13.3. The zero-order chi connectivity index (χ0) is 9.14. The molecule has 1 nitrogen and oxygen atoms in total. The third kappa shape index (κ3) is 1.69. The van der Waals surface area contributed by atoms with Gasteiger partial charge in [0.1, 0.15) is 5.82 Å². The molecule has 12 heavy (non-hydrogen) atoms. The van der Waals surface area contributed by atoms with Gasteiger partial charge in [0.2, 0.25) is 0 Å². The van der Waals surface area contributed by atoms with Crippen LogP contribution in [0.25, 0.3) is 0 Å². The molecule has 0 aliphatic heterocycles. The highest BCUT2D eigenvalue weighted by molar-refractivity contribution is 9.10. The first-order valence-corrected chi connectivity index (χ1v) is 5.19. The maximum Gasteiger partial charge on any atom is 0.154 e. The Bertz CT molecular complexity index is 314. The van der Waals surface area contributed by atoms with Crippen molar-refractivity contribution in [1.82, 2.24) is 0 Å². The van der Waals surface area contributed by atoms with Gasteiger partial charge in [0.05, 0.1) is 5.56 Å². The summed E-state index contributed by atoms with van der Waals surface area (Å²) >= 11 is 4.37. The SMILES string of the molecule is CSc1ccc(Br)c(C=O)c1F. The zero-order valence-electron chi connectivity index (χ0n) is 6.30. The molecule has 0 N–H and O–H groups in total. The van der Waals surface area contributed by atoms with Crippen LogP contribution in [-0.2, 0) is 0 Å². The average Bonchev–Trinajstić information content (AvgIpc) is 2.06. The third-order valence-electron chi connectivity index (χ3n) is 1.43. The molecule has 0 radical (unpaired) electrons. The van der Waals surface area contributed by atoms with Crippen molar-refractivity contribution in [3.8, 4) is 0 Å². The van der Waals surface area contributed by atoms with Crippen LogP contribution in [0.5, 0.6) is 0 Å². The molecule has 4 heteroatoms. The summed E-state index contributed by atoms with van der Waals surface area (Å²) in [5.74, 6) is -0.452. The van der Waals surface area contributed by atoms with Crippen molar-refractivity contribution in [2.75, 3.05) is 6.26 Å². The highest BCUT2D eigenvalue weighted by Crippen LogP contribution is 2.26. The van der Waals surface area contributed by atoms with E-state index in [-0.39, 0.29) is 5.56 Å². The number of carbonyl (C=O) groups is 1. The van der Waals surface area contributed by atoms with E-state index >= 15 is 0 Å². The van der Waals surface area contributed by atoms with Gasteiger partial charge in [-0.3, -0.25) is 4.79 Å². The first-order valence-electron chi connectivity index (χ1n) is 3.18. The van der Waals surface area contributed by atoms with Crippen LogP contribution in [0.3, 0.4) is 0 Å². The minimum absolute atomic E-state index is 0.0850. The number of rotatable bonds is 2. The van der Waals surface area contributed by atoms with Crippen LogP contribution in [0.15, 0.2) is 21.5 Å². The normalized spacial score (nSPS) is 9.92. The van der Waals surface area contributed by atoms with Crippen LogP contribution in [0, 0.1) is 5.82 Å². The maximum absolute atomic E-state index is 13.3. The largest absolute Gasteiger partial charge is 0.298 e. The molecule has 0 aliphatic carbocycles. The van der Waals surface area contributed by atoms with Crippen LogP contribution in [-0.4, -0.2) is 12.5 Å². The summed E-state index contributed by atoms with van der Waals surface area (Å²) in [6.45, 7) is 0. The first-order chi connectivity index (χ1) is 5.70. The Kier molecular flexibility index (Phi) is 3.29. The summed E-state index contributed by atoms with van der Waals surface area (Å²) in [5, 5.41) is 0. The van der Waals surface area contributed by atoms with Gasteiger partial charge in [0.15, 0.2) is 6.29 Å². The summed E-state index contributed by atoms with van der Waals surface area (Å²) in [6.07, 6.45) is 2.28.